The Labute approximate surface area is 132 Å². The summed E-state index contributed by atoms with van der Waals surface area (Å²) in [4.78, 5) is 12.0. The van der Waals surface area contributed by atoms with E-state index >= 15 is 0 Å². The Morgan fingerprint density at radius 1 is 1.09 bits per heavy atom. The van der Waals surface area contributed by atoms with Crippen LogP contribution >= 0.6 is 0 Å². The normalized spacial score (nSPS) is 10.9. The monoisotopic (exact) mass is 292 g/mol. The maximum atomic E-state index is 12.0. The fourth-order valence-electron chi connectivity index (χ4n) is 2.15. The van der Waals surface area contributed by atoms with Crippen molar-refractivity contribution in [2.75, 3.05) is 0 Å². The van der Waals surface area contributed by atoms with Crippen molar-refractivity contribution in [2.24, 2.45) is 0 Å². The van der Waals surface area contributed by atoms with Crippen LogP contribution in [0.3, 0.4) is 0 Å². The first-order valence-electron chi connectivity index (χ1n) is 7.21. The van der Waals surface area contributed by atoms with Gasteiger partial charge in [-0.05, 0) is 62.6 Å². The molecule has 22 heavy (non-hydrogen) atoms. The highest BCUT2D eigenvalue weighted by Gasteiger charge is 2.17. The van der Waals surface area contributed by atoms with Crippen LogP contribution in [0.2, 0.25) is 0 Å². The molecule has 0 amide bonds. The second-order valence-electron chi connectivity index (χ2n) is 6.27. The minimum atomic E-state index is -0.497. The molecule has 0 N–H and O–H groups in total. The third kappa shape index (κ3) is 3.77. The molecule has 0 aliphatic carbocycles. The summed E-state index contributed by atoms with van der Waals surface area (Å²) < 4.78 is 5.36. The number of hydrogen-bond acceptors (Lipinski definition) is 2. The van der Waals surface area contributed by atoms with Crippen molar-refractivity contribution in [1.82, 2.24) is 0 Å². The molecular formula is C20H20O2. The first kappa shape index (κ1) is 15.9. The predicted molar refractivity (Wildman–Crippen MR) is 89.7 cm³/mol. The van der Waals surface area contributed by atoms with E-state index in [1.165, 1.54) is 0 Å². The van der Waals surface area contributed by atoms with E-state index in [1.54, 1.807) is 12.1 Å². The molecule has 0 aliphatic rings. The van der Waals surface area contributed by atoms with Gasteiger partial charge in [0.25, 0.3) is 0 Å². The molecule has 2 nitrogen and oxygen atoms in total. The van der Waals surface area contributed by atoms with Crippen LogP contribution in [0.5, 0.6) is 0 Å². The second kappa shape index (κ2) is 6.07. The van der Waals surface area contributed by atoms with Gasteiger partial charge in [-0.25, -0.2) is 4.79 Å². The first-order chi connectivity index (χ1) is 10.3. The lowest BCUT2D eigenvalue weighted by Crippen LogP contribution is -2.23. The van der Waals surface area contributed by atoms with Crippen LogP contribution < -0.4 is 0 Å². The first-order valence-corrected chi connectivity index (χ1v) is 7.21. The van der Waals surface area contributed by atoms with Gasteiger partial charge in [-0.2, -0.15) is 0 Å². The van der Waals surface area contributed by atoms with Crippen molar-refractivity contribution in [2.45, 2.75) is 33.3 Å². The van der Waals surface area contributed by atoms with Crippen LogP contribution in [0.4, 0.5) is 0 Å². The van der Waals surface area contributed by atoms with E-state index in [9.17, 15) is 4.79 Å². The lowest BCUT2D eigenvalue weighted by molar-refractivity contribution is 0.00696. The van der Waals surface area contributed by atoms with Crippen LogP contribution in [0.1, 0.15) is 42.3 Å². The lowest BCUT2D eigenvalue weighted by atomic mass is 9.97. The van der Waals surface area contributed by atoms with Crippen LogP contribution in [-0.2, 0) is 4.74 Å². The molecule has 2 aromatic carbocycles. The SMILES string of the molecule is C#Cc1cc(C)ccc1-c1ccc(C(=O)OC(C)(C)C)cc1. The molecule has 0 atom stereocenters. The summed E-state index contributed by atoms with van der Waals surface area (Å²) in [7, 11) is 0. The van der Waals surface area contributed by atoms with Gasteiger partial charge in [-0.1, -0.05) is 30.2 Å². The molecule has 0 heterocycles. The van der Waals surface area contributed by atoms with E-state index in [-0.39, 0.29) is 5.97 Å². The molecule has 112 valence electrons. The molecular weight excluding hydrogens is 272 g/mol. The Morgan fingerprint density at radius 2 is 1.73 bits per heavy atom. The number of esters is 1. The molecule has 0 fully saturated rings. The van der Waals surface area contributed by atoms with Gasteiger partial charge in [-0.3, -0.25) is 0 Å². The van der Waals surface area contributed by atoms with Gasteiger partial charge in [0, 0.05) is 5.56 Å². The van der Waals surface area contributed by atoms with E-state index in [1.807, 2.05) is 58.0 Å². The molecule has 0 aromatic heterocycles. The fraction of sp³-hybridized carbons (Fsp3) is 0.250. The quantitative estimate of drug-likeness (QED) is 0.597. The topological polar surface area (TPSA) is 26.3 Å². The number of carbonyl (C=O) groups excluding carboxylic acids is 1. The number of terminal acetylenes is 1. The highest BCUT2D eigenvalue weighted by Crippen LogP contribution is 2.25. The molecule has 2 heteroatoms. The van der Waals surface area contributed by atoms with Crippen molar-refractivity contribution in [3.63, 3.8) is 0 Å². The molecule has 0 bridgehead atoms. The zero-order valence-corrected chi connectivity index (χ0v) is 13.4. The summed E-state index contributed by atoms with van der Waals surface area (Å²) in [6.07, 6.45) is 5.58. The van der Waals surface area contributed by atoms with Crippen LogP contribution in [-0.4, -0.2) is 11.6 Å². The molecule has 0 spiro atoms. The van der Waals surface area contributed by atoms with Gasteiger partial charge in [0.2, 0.25) is 0 Å². The standard InChI is InChI=1S/C20H20O2/c1-6-15-13-14(2)7-12-18(15)16-8-10-17(11-9-16)19(21)22-20(3,4)5/h1,7-13H,2-5H3. The Kier molecular flexibility index (Phi) is 4.37. The summed E-state index contributed by atoms with van der Waals surface area (Å²) in [5, 5.41) is 0. The lowest BCUT2D eigenvalue weighted by Gasteiger charge is -2.19. The van der Waals surface area contributed by atoms with Crippen LogP contribution in [0.15, 0.2) is 42.5 Å². The minimum Gasteiger partial charge on any atom is -0.456 e. The minimum absolute atomic E-state index is 0.319. The smallest absolute Gasteiger partial charge is 0.338 e. The highest BCUT2D eigenvalue weighted by molar-refractivity contribution is 5.90. The number of hydrogen-bond donors (Lipinski definition) is 0. The number of aryl methyl sites for hydroxylation is 1. The summed E-state index contributed by atoms with van der Waals surface area (Å²) in [5.41, 5.74) is 3.99. The number of carbonyl (C=O) groups is 1. The maximum absolute atomic E-state index is 12.0. The molecule has 0 saturated heterocycles. The van der Waals surface area contributed by atoms with E-state index in [4.69, 9.17) is 11.2 Å². The largest absolute Gasteiger partial charge is 0.456 e. The summed E-state index contributed by atoms with van der Waals surface area (Å²) in [6.45, 7) is 7.57. The van der Waals surface area contributed by atoms with E-state index in [2.05, 4.69) is 5.92 Å². The molecule has 0 unspecified atom stereocenters. The summed E-state index contributed by atoms with van der Waals surface area (Å²) in [6, 6.07) is 13.3. The van der Waals surface area contributed by atoms with Crippen molar-refractivity contribution in [3.05, 3.63) is 59.2 Å². The van der Waals surface area contributed by atoms with Crippen molar-refractivity contribution >= 4 is 5.97 Å². The Balaban J connectivity index is 2.30. The third-order valence-corrected chi connectivity index (χ3v) is 3.16. The third-order valence-electron chi connectivity index (χ3n) is 3.16. The average molecular weight is 292 g/mol. The van der Waals surface area contributed by atoms with Crippen LogP contribution in [0, 0.1) is 19.3 Å². The molecule has 0 radical (unpaired) electrons. The van der Waals surface area contributed by atoms with Crippen molar-refractivity contribution in [3.8, 4) is 23.5 Å². The second-order valence-corrected chi connectivity index (χ2v) is 6.27. The van der Waals surface area contributed by atoms with Crippen molar-refractivity contribution < 1.29 is 9.53 Å². The van der Waals surface area contributed by atoms with Gasteiger partial charge in [0.15, 0.2) is 0 Å². The van der Waals surface area contributed by atoms with Gasteiger partial charge in [-0.15, -0.1) is 6.42 Å². The number of benzene rings is 2. The molecule has 0 saturated carbocycles. The Morgan fingerprint density at radius 3 is 2.27 bits per heavy atom. The zero-order chi connectivity index (χ0) is 16.3. The zero-order valence-electron chi connectivity index (χ0n) is 13.4. The highest BCUT2D eigenvalue weighted by atomic mass is 16.6. The van der Waals surface area contributed by atoms with Crippen LogP contribution in [0.25, 0.3) is 11.1 Å². The van der Waals surface area contributed by atoms with Gasteiger partial charge < -0.3 is 4.74 Å². The van der Waals surface area contributed by atoms with E-state index in [0.717, 1.165) is 22.3 Å². The predicted octanol–water partition coefficient (Wildman–Crippen LogP) is 4.60. The van der Waals surface area contributed by atoms with E-state index in [0.29, 0.717) is 5.56 Å². The molecule has 2 aromatic rings. The van der Waals surface area contributed by atoms with Gasteiger partial charge in [0.05, 0.1) is 5.56 Å². The molecule has 0 aliphatic heterocycles. The summed E-state index contributed by atoms with van der Waals surface area (Å²) >= 11 is 0. The Hall–Kier alpha value is -2.53. The van der Waals surface area contributed by atoms with E-state index < -0.39 is 5.60 Å². The summed E-state index contributed by atoms with van der Waals surface area (Å²) in [5.74, 6) is 2.39. The van der Waals surface area contributed by atoms with Gasteiger partial charge in [0.1, 0.15) is 5.60 Å². The Bertz CT molecular complexity index is 726. The average Bonchev–Trinajstić information content (AvgIpc) is 2.45. The maximum Gasteiger partial charge on any atom is 0.338 e. The number of rotatable bonds is 2. The fourth-order valence-corrected chi connectivity index (χ4v) is 2.15. The van der Waals surface area contributed by atoms with Gasteiger partial charge >= 0.3 is 5.97 Å². The van der Waals surface area contributed by atoms with Crippen molar-refractivity contribution in [1.29, 1.82) is 0 Å². The molecule has 2 rings (SSSR count). The number of ether oxygens (including phenoxy) is 1.